The van der Waals surface area contributed by atoms with Crippen LogP contribution in [0.5, 0.6) is 0 Å². The zero-order valence-corrected chi connectivity index (χ0v) is 6.89. The number of aromatic nitrogens is 2. The van der Waals surface area contributed by atoms with Gasteiger partial charge in [-0.3, -0.25) is 5.10 Å². The van der Waals surface area contributed by atoms with Gasteiger partial charge in [0.05, 0.1) is 0 Å². The van der Waals surface area contributed by atoms with Gasteiger partial charge in [0.25, 0.3) is 0 Å². The smallest absolute Gasteiger partial charge is 0.150 e. The SMILES string of the molecule is CC(C)Cc1c(N)n[nH]c1N. The van der Waals surface area contributed by atoms with Crippen LogP contribution >= 0.6 is 0 Å². The minimum absolute atomic E-state index is 0.524. The van der Waals surface area contributed by atoms with Crippen molar-refractivity contribution in [3.63, 3.8) is 0 Å². The Kier molecular flexibility index (Phi) is 2.03. The van der Waals surface area contributed by atoms with Gasteiger partial charge in [0.15, 0.2) is 5.82 Å². The lowest BCUT2D eigenvalue weighted by Crippen LogP contribution is -2.00. The summed E-state index contributed by atoms with van der Waals surface area (Å²) in [6.07, 6.45) is 0.883. The largest absolute Gasteiger partial charge is 0.384 e. The van der Waals surface area contributed by atoms with E-state index in [1.165, 1.54) is 0 Å². The Morgan fingerprint density at radius 3 is 2.45 bits per heavy atom. The molecule has 0 unspecified atom stereocenters. The lowest BCUT2D eigenvalue weighted by atomic mass is 10.1. The highest BCUT2D eigenvalue weighted by Crippen LogP contribution is 2.18. The Hall–Kier alpha value is -1.19. The Bertz CT molecular complexity index is 219. The van der Waals surface area contributed by atoms with E-state index < -0.39 is 0 Å². The first kappa shape index (κ1) is 7.91. The average Bonchev–Trinajstić information content (AvgIpc) is 2.18. The van der Waals surface area contributed by atoms with Gasteiger partial charge >= 0.3 is 0 Å². The minimum atomic E-state index is 0.524. The normalized spacial score (nSPS) is 10.8. The van der Waals surface area contributed by atoms with Gasteiger partial charge in [-0.2, -0.15) is 5.10 Å². The lowest BCUT2D eigenvalue weighted by molar-refractivity contribution is 0.649. The van der Waals surface area contributed by atoms with Crippen LogP contribution < -0.4 is 11.5 Å². The summed E-state index contributed by atoms with van der Waals surface area (Å²) in [5.74, 6) is 1.67. The second kappa shape index (κ2) is 2.82. The fraction of sp³-hybridized carbons (Fsp3) is 0.571. The summed E-state index contributed by atoms with van der Waals surface area (Å²) < 4.78 is 0. The molecule has 5 N–H and O–H groups in total. The van der Waals surface area contributed by atoms with Gasteiger partial charge in [0, 0.05) is 5.56 Å². The van der Waals surface area contributed by atoms with E-state index >= 15 is 0 Å². The van der Waals surface area contributed by atoms with Crippen molar-refractivity contribution in [1.82, 2.24) is 10.2 Å². The zero-order valence-electron chi connectivity index (χ0n) is 6.89. The molecule has 0 amide bonds. The summed E-state index contributed by atoms with van der Waals surface area (Å²) in [6, 6.07) is 0. The summed E-state index contributed by atoms with van der Waals surface area (Å²) >= 11 is 0. The molecule has 1 aromatic heterocycles. The van der Waals surface area contributed by atoms with Crippen LogP contribution in [0.3, 0.4) is 0 Å². The Morgan fingerprint density at radius 2 is 2.09 bits per heavy atom. The van der Waals surface area contributed by atoms with E-state index in [-0.39, 0.29) is 0 Å². The van der Waals surface area contributed by atoms with Crippen LogP contribution in [0.1, 0.15) is 19.4 Å². The predicted molar refractivity (Wildman–Crippen MR) is 46.0 cm³/mol. The highest BCUT2D eigenvalue weighted by Gasteiger charge is 2.08. The van der Waals surface area contributed by atoms with Crippen molar-refractivity contribution >= 4 is 11.6 Å². The van der Waals surface area contributed by atoms with E-state index in [9.17, 15) is 0 Å². The number of nitrogens with two attached hydrogens (primary N) is 2. The molecule has 1 heterocycles. The van der Waals surface area contributed by atoms with Crippen molar-refractivity contribution in [3.05, 3.63) is 5.56 Å². The summed E-state index contributed by atoms with van der Waals surface area (Å²) in [4.78, 5) is 0. The third-order valence-electron chi connectivity index (χ3n) is 1.54. The second-order valence-corrected chi connectivity index (χ2v) is 3.10. The molecule has 0 fully saturated rings. The maximum absolute atomic E-state index is 5.59. The van der Waals surface area contributed by atoms with E-state index in [4.69, 9.17) is 11.5 Å². The van der Waals surface area contributed by atoms with Gasteiger partial charge in [-0.15, -0.1) is 0 Å². The molecule has 1 aromatic rings. The third-order valence-corrected chi connectivity index (χ3v) is 1.54. The first-order valence-electron chi connectivity index (χ1n) is 3.69. The highest BCUT2D eigenvalue weighted by molar-refractivity contribution is 5.53. The summed E-state index contributed by atoms with van der Waals surface area (Å²) in [7, 11) is 0. The van der Waals surface area contributed by atoms with Gasteiger partial charge in [0.1, 0.15) is 5.82 Å². The molecule has 0 atom stereocenters. The number of nitrogens with zero attached hydrogens (tertiary/aromatic N) is 1. The highest BCUT2D eigenvalue weighted by atomic mass is 15.2. The van der Waals surface area contributed by atoms with Crippen LogP contribution in [0.25, 0.3) is 0 Å². The Balaban J connectivity index is 2.83. The monoisotopic (exact) mass is 154 g/mol. The number of rotatable bonds is 2. The van der Waals surface area contributed by atoms with Crippen LogP contribution in [0.4, 0.5) is 11.6 Å². The van der Waals surface area contributed by atoms with Crippen molar-refractivity contribution in [2.45, 2.75) is 20.3 Å². The molecule has 1 rings (SSSR count). The molecule has 4 heteroatoms. The molecule has 0 spiro atoms. The Morgan fingerprint density at radius 1 is 1.45 bits per heavy atom. The molecule has 0 aliphatic rings. The molecular weight excluding hydrogens is 140 g/mol. The lowest BCUT2D eigenvalue weighted by Gasteiger charge is -2.02. The molecule has 0 aliphatic carbocycles. The number of anilines is 2. The van der Waals surface area contributed by atoms with E-state index in [1.807, 2.05) is 0 Å². The molecule has 0 saturated carbocycles. The van der Waals surface area contributed by atoms with Crippen molar-refractivity contribution in [2.75, 3.05) is 11.5 Å². The molecule has 0 saturated heterocycles. The molecule has 11 heavy (non-hydrogen) atoms. The fourth-order valence-corrected chi connectivity index (χ4v) is 1.02. The van der Waals surface area contributed by atoms with E-state index in [0.717, 1.165) is 12.0 Å². The zero-order chi connectivity index (χ0) is 8.43. The summed E-state index contributed by atoms with van der Waals surface area (Å²) in [5.41, 5.74) is 12.1. The number of aromatic amines is 1. The molecule has 4 nitrogen and oxygen atoms in total. The molecule has 0 radical (unpaired) electrons. The Labute approximate surface area is 66.0 Å². The maximum Gasteiger partial charge on any atom is 0.150 e. The molecule has 0 bridgehead atoms. The summed E-state index contributed by atoms with van der Waals surface area (Å²) in [5, 5.41) is 6.44. The third kappa shape index (κ3) is 1.63. The number of nitrogens with one attached hydrogen (secondary N) is 1. The second-order valence-electron chi connectivity index (χ2n) is 3.10. The summed E-state index contributed by atoms with van der Waals surface area (Å²) in [6.45, 7) is 4.23. The number of hydrogen-bond acceptors (Lipinski definition) is 3. The van der Waals surface area contributed by atoms with Crippen molar-refractivity contribution in [1.29, 1.82) is 0 Å². The van der Waals surface area contributed by atoms with E-state index in [1.54, 1.807) is 0 Å². The topological polar surface area (TPSA) is 80.7 Å². The van der Waals surface area contributed by atoms with Gasteiger partial charge in [-0.1, -0.05) is 13.8 Å². The first-order valence-corrected chi connectivity index (χ1v) is 3.69. The van der Waals surface area contributed by atoms with Crippen molar-refractivity contribution in [3.8, 4) is 0 Å². The molecule has 0 aromatic carbocycles. The standard InChI is InChI=1S/C7H14N4/c1-4(2)3-5-6(8)10-11-7(5)9/h4H,3H2,1-2H3,(H5,8,9,10,11). The molecule has 0 aliphatic heterocycles. The van der Waals surface area contributed by atoms with Gasteiger partial charge in [0.2, 0.25) is 0 Å². The number of nitrogen functional groups attached to an aromatic ring is 2. The van der Waals surface area contributed by atoms with E-state index in [2.05, 4.69) is 24.0 Å². The van der Waals surface area contributed by atoms with Gasteiger partial charge in [-0.05, 0) is 12.3 Å². The minimum Gasteiger partial charge on any atom is -0.384 e. The molecule has 62 valence electrons. The van der Waals surface area contributed by atoms with Crippen molar-refractivity contribution < 1.29 is 0 Å². The van der Waals surface area contributed by atoms with Crippen LogP contribution in [-0.2, 0) is 6.42 Å². The van der Waals surface area contributed by atoms with Crippen LogP contribution in [-0.4, -0.2) is 10.2 Å². The van der Waals surface area contributed by atoms with Gasteiger partial charge < -0.3 is 11.5 Å². The number of H-pyrrole nitrogens is 1. The molecular formula is C7H14N4. The van der Waals surface area contributed by atoms with Crippen molar-refractivity contribution in [2.24, 2.45) is 5.92 Å². The van der Waals surface area contributed by atoms with Gasteiger partial charge in [-0.25, -0.2) is 0 Å². The maximum atomic E-state index is 5.59. The van der Waals surface area contributed by atoms with Crippen LogP contribution in [0, 0.1) is 5.92 Å². The average molecular weight is 154 g/mol. The first-order chi connectivity index (χ1) is 5.11. The quantitative estimate of drug-likeness (QED) is 0.588. The van der Waals surface area contributed by atoms with Crippen LogP contribution in [0.15, 0.2) is 0 Å². The fourth-order valence-electron chi connectivity index (χ4n) is 1.02. The van der Waals surface area contributed by atoms with E-state index in [0.29, 0.717) is 17.6 Å². The predicted octanol–water partition coefficient (Wildman–Crippen LogP) is 0.773. The van der Waals surface area contributed by atoms with Crippen LogP contribution in [0.2, 0.25) is 0 Å². The number of hydrogen-bond donors (Lipinski definition) is 3.